The zero-order valence-corrected chi connectivity index (χ0v) is 13.0. The maximum Gasteiger partial charge on any atom is 0.123 e. The second-order valence-electron chi connectivity index (χ2n) is 5.33. The first-order valence-electron chi connectivity index (χ1n) is 6.82. The van der Waals surface area contributed by atoms with Gasteiger partial charge in [0.25, 0.3) is 0 Å². The van der Waals surface area contributed by atoms with Crippen LogP contribution in [-0.4, -0.2) is 32.4 Å². The molecule has 0 radical (unpaired) electrons. The van der Waals surface area contributed by atoms with Crippen molar-refractivity contribution in [3.8, 4) is 0 Å². The van der Waals surface area contributed by atoms with Gasteiger partial charge in [-0.1, -0.05) is 0 Å². The summed E-state index contributed by atoms with van der Waals surface area (Å²) >= 11 is 3.56. The Morgan fingerprint density at radius 2 is 2.30 bits per heavy atom. The highest BCUT2D eigenvalue weighted by molar-refractivity contribution is 7.15. The van der Waals surface area contributed by atoms with Gasteiger partial charge in [-0.25, -0.2) is 9.97 Å². The van der Waals surface area contributed by atoms with Crippen LogP contribution in [0, 0.1) is 6.92 Å². The van der Waals surface area contributed by atoms with Crippen molar-refractivity contribution >= 4 is 27.5 Å². The molecule has 0 aromatic carbocycles. The SMILES string of the molecule is Cc1ncsc1CN1CC[C@@H](c2ncn3ccsc23)C1. The average Bonchev–Trinajstić information content (AvgIpc) is 3.15. The Kier molecular flexibility index (Phi) is 3.09. The second-order valence-corrected chi connectivity index (χ2v) is 7.16. The van der Waals surface area contributed by atoms with E-state index in [2.05, 4.69) is 37.8 Å². The first kappa shape index (κ1) is 12.5. The van der Waals surface area contributed by atoms with E-state index in [-0.39, 0.29) is 0 Å². The smallest absolute Gasteiger partial charge is 0.123 e. The third-order valence-corrected chi connectivity index (χ3v) is 5.87. The number of likely N-dealkylation sites (tertiary alicyclic amines) is 1. The molecule has 0 aliphatic carbocycles. The molecule has 0 spiro atoms. The van der Waals surface area contributed by atoms with E-state index in [9.17, 15) is 0 Å². The summed E-state index contributed by atoms with van der Waals surface area (Å²) in [5.74, 6) is 0.576. The van der Waals surface area contributed by atoms with Crippen LogP contribution in [0.15, 0.2) is 23.4 Å². The minimum Gasteiger partial charge on any atom is -0.298 e. The number of hydrogen-bond donors (Lipinski definition) is 0. The van der Waals surface area contributed by atoms with Crippen molar-refractivity contribution in [2.24, 2.45) is 0 Å². The summed E-state index contributed by atoms with van der Waals surface area (Å²) in [5, 5.41) is 2.13. The standard InChI is InChI=1S/C14H16N4S2/c1-10-12(20-9-16-10)7-17-3-2-11(6-17)13-14-18(8-15-13)4-5-19-14/h4-5,8-9,11H,2-3,6-7H2,1H3/t11-/m1/s1. The Bertz CT molecular complexity index is 726. The fourth-order valence-electron chi connectivity index (χ4n) is 2.91. The molecule has 3 aromatic rings. The largest absolute Gasteiger partial charge is 0.298 e. The molecule has 0 N–H and O–H groups in total. The van der Waals surface area contributed by atoms with Crippen LogP contribution in [0.4, 0.5) is 0 Å². The van der Waals surface area contributed by atoms with Gasteiger partial charge < -0.3 is 0 Å². The molecule has 0 saturated carbocycles. The molecule has 20 heavy (non-hydrogen) atoms. The lowest BCUT2D eigenvalue weighted by atomic mass is 10.1. The Labute approximate surface area is 125 Å². The van der Waals surface area contributed by atoms with Gasteiger partial charge in [0, 0.05) is 35.5 Å². The number of thiazole rings is 2. The molecule has 6 heteroatoms. The van der Waals surface area contributed by atoms with E-state index in [1.54, 1.807) is 22.7 Å². The summed E-state index contributed by atoms with van der Waals surface area (Å²) in [5.41, 5.74) is 4.41. The van der Waals surface area contributed by atoms with Crippen LogP contribution >= 0.6 is 22.7 Å². The molecule has 4 nitrogen and oxygen atoms in total. The average molecular weight is 304 g/mol. The van der Waals surface area contributed by atoms with Gasteiger partial charge in [-0.2, -0.15) is 0 Å². The van der Waals surface area contributed by atoms with Gasteiger partial charge in [0.1, 0.15) is 11.2 Å². The zero-order chi connectivity index (χ0) is 13.5. The van der Waals surface area contributed by atoms with Crippen molar-refractivity contribution < 1.29 is 0 Å². The highest BCUT2D eigenvalue weighted by Crippen LogP contribution is 2.32. The minimum absolute atomic E-state index is 0.576. The number of nitrogens with zero attached hydrogens (tertiary/aromatic N) is 4. The zero-order valence-electron chi connectivity index (χ0n) is 11.3. The van der Waals surface area contributed by atoms with Gasteiger partial charge in [-0.15, -0.1) is 22.7 Å². The normalized spacial score (nSPS) is 20.1. The van der Waals surface area contributed by atoms with Crippen molar-refractivity contribution in [2.45, 2.75) is 25.8 Å². The summed E-state index contributed by atoms with van der Waals surface area (Å²) in [6.07, 6.45) is 5.24. The van der Waals surface area contributed by atoms with E-state index in [0.29, 0.717) is 5.92 Å². The highest BCUT2D eigenvalue weighted by atomic mass is 32.1. The molecule has 1 saturated heterocycles. The minimum atomic E-state index is 0.576. The Balaban J connectivity index is 1.51. The topological polar surface area (TPSA) is 33.4 Å². The van der Waals surface area contributed by atoms with Gasteiger partial charge in [0.05, 0.1) is 16.9 Å². The fraction of sp³-hybridized carbons (Fsp3) is 0.429. The monoisotopic (exact) mass is 304 g/mol. The molecule has 4 heterocycles. The molecule has 0 amide bonds. The van der Waals surface area contributed by atoms with Crippen molar-refractivity contribution in [2.75, 3.05) is 13.1 Å². The van der Waals surface area contributed by atoms with Gasteiger partial charge in [0.15, 0.2) is 0 Å². The number of rotatable bonds is 3. The Hall–Kier alpha value is -1.24. The quantitative estimate of drug-likeness (QED) is 0.745. The van der Waals surface area contributed by atoms with Crippen LogP contribution in [0.25, 0.3) is 4.83 Å². The maximum absolute atomic E-state index is 4.62. The van der Waals surface area contributed by atoms with Crippen molar-refractivity contribution in [3.05, 3.63) is 39.7 Å². The lowest BCUT2D eigenvalue weighted by molar-refractivity contribution is 0.328. The molecule has 1 aliphatic rings. The third-order valence-electron chi connectivity index (χ3n) is 4.05. The first-order chi connectivity index (χ1) is 9.81. The van der Waals surface area contributed by atoms with E-state index >= 15 is 0 Å². The van der Waals surface area contributed by atoms with Gasteiger partial charge in [-0.3, -0.25) is 9.30 Å². The summed E-state index contributed by atoms with van der Waals surface area (Å²) < 4.78 is 2.13. The van der Waals surface area contributed by atoms with Gasteiger partial charge >= 0.3 is 0 Å². The highest BCUT2D eigenvalue weighted by Gasteiger charge is 2.27. The number of imidazole rings is 1. The van der Waals surface area contributed by atoms with Gasteiger partial charge in [0.2, 0.25) is 0 Å². The Morgan fingerprint density at radius 1 is 1.35 bits per heavy atom. The number of aromatic nitrogens is 3. The predicted octanol–water partition coefficient (Wildman–Crippen LogP) is 3.15. The number of fused-ring (bicyclic) bond motifs is 1. The summed E-state index contributed by atoms with van der Waals surface area (Å²) in [6, 6.07) is 0. The lowest BCUT2D eigenvalue weighted by Crippen LogP contribution is -2.19. The second kappa shape index (κ2) is 4.95. The van der Waals surface area contributed by atoms with E-state index in [0.717, 1.165) is 19.6 Å². The van der Waals surface area contributed by atoms with Crippen LogP contribution < -0.4 is 0 Å². The van der Waals surface area contributed by atoms with Gasteiger partial charge in [-0.05, 0) is 19.9 Å². The van der Waals surface area contributed by atoms with E-state index in [1.807, 2.05) is 11.8 Å². The number of hydrogen-bond acceptors (Lipinski definition) is 5. The summed E-state index contributed by atoms with van der Waals surface area (Å²) in [6.45, 7) is 5.41. The van der Waals surface area contributed by atoms with E-state index < -0.39 is 0 Å². The maximum atomic E-state index is 4.62. The molecular formula is C14H16N4S2. The molecule has 104 valence electrons. The van der Waals surface area contributed by atoms with Crippen molar-refractivity contribution in [3.63, 3.8) is 0 Å². The van der Waals surface area contributed by atoms with E-state index in [1.165, 1.54) is 27.5 Å². The molecule has 4 rings (SSSR count). The van der Waals surface area contributed by atoms with Crippen LogP contribution in [0.1, 0.15) is 28.6 Å². The van der Waals surface area contributed by atoms with Crippen LogP contribution in [0.3, 0.4) is 0 Å². The molecule has 0 bridgehead atoms. The fourth-order valence-corrected chi connectivity index (χ4v) is 4.62. The van der Waals surface area contributed by atoms with E-state index in [4.69, 9.17) is 0 Å². The van der Waals surface area contributed by atoms with Crippen LogP contribution in [0.2, 0.25) is 0 Å². The molecule has 1 atom stereocenters. The summed E-state index contributed by atoms with van der Waals surface area (Å²) in [4.78, 5) is 14.2. The van der Waals surface area contributed by atoms with Crippen LogP contribution in [-0.2, 0) is 6.54 Å². The molecular weight excluding hydrogens is 288 g/mol. The summed E-state index contributed by atoms with van der Waals surface area (Å²) in [7, 11) is 0. The molecule has 0 unspecified atom stereocenters. The number of aryl methyl sites for hydroxylation is 1. The van der Waals surface area contributed by atoms with Crippen molar-refractivity contribution in [1.82, 2.24) is 19.3 Å². The Morgan fingerprint density at radius 3 is 3.15 bits per heavy atom. The molecule has 1 fully saturated rings. The third kappa shape index (κ3) is 2.08. The molecule has 1 aliphatic heterocycles. The van der Waals surface area contributed by atoms with Crippen molar-refractivity contribution in [1.29, 1.82) is 0 Å². The predicted molar refractivity (Wildman–Crippen MR) is 82.6 cm³/mol. The van der Waals surface area contributed by atoms with Crippen LogP contribution in [0.5, 0.6) is 0 Å². The first-order valence-corrected chi connectivity index (χ1v) is 8.58. The lowest BCUT2D eigenvalue weighted by Gasteiger charge is -2.14. The molecule has 3 aromatic heterocycles.